The van der Waals surface area contributed by atoms with Crippen LogP contribution in [0.1, 0.15) is 139 Å². The average Bonchev–Trinajstić information content (AvgIpc) is 4.02. The van der Waals surface area contributed by atoms with Crippen LogP contribution in [0.5, 0.6) is 0 Å². The molecular weight excluding hydrogens is 1190 g/mol. The molecule has 3 rings (SSSR count). The molecule has 0 saturated carbocycles. The molecule has 27 heteroatoms. The van der Waals surface area contributed by atoms with Crippen molar-refractivity contribution < 1.29 is 72.4 Å². The van der Waals surface area contributed by atoms with Gasteiger partial charge in [0.2, 0.25) is 17.7 Å². The number of carboxylic acid groups (broad SMARTS) is 2. The summed E-state index contributed by atoms with van der Waals surface area (Å²) >= 11 is 2.19. The summed E-state index contributed by atoms with van der Waals surface area (Å²) in [5.74, 6) is -5.57. The Morgan fingerprint density at radius 3 is 1.70 bits per heavy atom. The van der Waals surface area contributed by atoms with Crippen LogP contribution in [0, 0.1) is 3.57 Å². The highest BCUT2D eigenvalue weighted by Crippen LogP contribution is 2.22. The number of nitrogens with zero attached hydrogens (tertiary/aromatic N) is 3. The number of amides is 8. The molecule has 3 aromatic rings. The fourth-order valence-corrected chi connectivity index (χ4v) is 8.14. The van der Waals surface area contributed by atoms with E-state index >= 15 is 0 Å². The van der Waals surface area contributed by atoms with E-state index < -0.39 is 108 Å². The summed E-state index contributed by atoms with van der Waals surface area (Å²) in [6.45, 7) is 15.5. The van der Waals surface area contributed by atoms with E-state index in [9.17, 15) is 53.1 Å². The summed E-state index contributed by atoms with van der Waals surface area (Å²) < 4.78 is 18.8. The zero-order chi connectivity index (χ0) is 61.9. The second kappa shape index (κ2) is 34.1. The third-order valence-electron chi connectivity index (χ3n) is 11.5. The Balaban J connectivity index is 1.67. The Morgan fingerprint density at radius 1 is 0.590 bits per heavy atom. The van der Waals surface area contributed by atoms with Gasteiger partial charge in [-0.1, -0.05) is 29.5 Å². The second-order valence-electron chi connectivity index (χ2n) is 22.5. The lowest BCUT2D eigenvalue weighted by Crippen LogP contribution is -2.53. The highest BCUT2D eigenvalue weighted by atomic mass is 127. The number of anilines is 1. The number of carboxylic acids is 2. The number of hydrogen-bond acceptors (Lipinski definition) is 15. The average molecular weight is 1280 g/mol. The number of unbranched alkanes of at least 4 members (excludes halogenated alkanes) is 3. The van der Waals surface area contributed by atoms with Crippen LogP contribution >= 0.6 is 22.6 Å². The molecule has 10 N–H and O–H groups in total. The van der Waals surface area contributed by atoms with Gasteiger partial charge in [0, 0.05) is 40.9 Å². The largest absolute Gasteiger partial charge is 0.481 e. The maximum atomic E-state index is 14.2. The number of nitrogens with one attached hydrogen (secondary N) is 8. The molecule has 4 unspecified atom stereocenters. The van der Waals surface area contributed by atoms with Gasteiger partial charge in [-0.3, -0.25) is 19.2 Å². The number of benzene rings is 2. The summed E-state index contributed by atoms with van der Waals surface area (Å²) in [6.07, 6.45) is 2.82. The van der Waals surface area contributed by atoms with Crippen molar-refractivity contribution in [3.8, 4) is 11.3 Å². The lowest BCUT2D eigenvalue weighted by atomic mass is 10.1. The van der Waals surface area contributed by atoms with E-state index in [2.05, 4.69) is 75.4 Å². The molecule has 1 aromatic heterocycles. The molecule has 0 fully saturated rings. The van der Waals surface area contributed by atoms with Gasteiger partial charge < -0.3 is 67.0 Å². The van der Waals surface area contributed by atoms with Gasteiger partial charge in [0.05, 0.1) is 18.3 Å². The van der Waals surface area contributed by atoms with E-state index in [-0.39, 0.29) is 51.1 Å². The Kier molecular flexibility index (Phi) is 28.6. The number of aliphatic carboxylic acids is 2. The minimum absolute atomic E-state index is 0.0536. The molecule has 8 amide bonds. The van der Waals surface area contributed by atoms with Crippen molar-refractivity contribution in [3.05, 3.63) is 63.9 Å². The molecule has 0 aliphatic carbocycles. The highest BCUT2D eigenvalue weighted by molar-refractivity contribution is 14.1. The predicted molar refractivity (Wildman–Crippen MR) is 313 cm³/mol. The first kappa shape index (κ1) is 69.7. The summed E-state index contributed by atoms with van der Waals surface area (Å²) in [5.41, 5.74) is -0.373. The zero-order valence-corrected chi connectivity index (χ0v) is 50.9. The van der Waals surface area contributed by atoms with Crippen molar-refractivity contribution in [2.45, 2.75) is 187 Å². The third-order valence-corrected chi connectivity index (χ3v) is 12.3. The fraction of sp³-hybridized carbons (Fsp3) is 0.571. The summed E-state index contributed by atoms with van der Waals surface area (Å²) in [4.78, 5) is 128. The maximum absolute atomic E-state index is 14.2. The summed E-state index contributed by atoms with van der Waals surface area (Å²) in [5, 5.41) is 47.7. The van der Waals surface area contributed by atoms with Crippen LogP contribution in [-0.2, 0) is 60.7 Å². The fourth-order valence-electron chi connectivity index (χ4n) is 7.78. The molecule has 2 aromatic carbocycles. The topological polar surface area (TPSA) is 366 Å². The van der Waals surface area contributed by atoms with E-state index in [1.807, 2.05) is 24.3 Å². The number of halogens is 1. The van der Waals surface area contributed by atoms with Crippen LogP contribution < -0.4 is 42.5 Å². The SMILES string of the molecule is CC(C)(C)OC(=O)NCCCCC(NC(=O)Cn1nncc1-c1cccc(NC(=O)NCCCCC(NC(=O)NC(CCC(=O)O)C(=O)O)C(=O)OC(C)(C)C)c1)C(=O)NC(CCCCNC(=O)Cc1ccc(I)cc1)C(=O)OC(C)(C)C. The second-order valence-corrected chi connectivity index (χ2v) is 23.8. The number of esters is 2. The Morgan fingerprint density at radius 2 is 1.13 bits per heavy atom. The molecule has 0 bridgehead atoms. The van der Waals surface area contributed by atoms with Crippen LogP contribution in [0.25, 0.3) is 11.3 Å². The van der Waals surface area contributed by atoms with Crippen LogP contribution in [-0.4, -0.2) is 146 Å². The molecule has 458 valence electrons. The van der Waals surface area contributed by atoms with E-state index in [0.717, 1.165) is 9.13 Å². The first-order valence-electron chi connectivity index (χ1n) is 27.4. The molecule has 0 saturated heterocycles. The zero-order valence-electron chi connectivity index (χ0n) is 48.7. The number of aromatic nitrogens is 3. The molecule has 0 aliphatic heterocycles. The summed E-state index contributed by atoms with van der Waals surface area (Å²) in [6, 6.07) is 7.70. The lowest BCUT2D eigenvalue weighted by molar-refractivity contribution is -0.159. The van der Waals surface area contributed by atoms with Gasteiger partial charge in [-0.05, 0) is 179 Å². The Bertz CT molecular complexity index is 2670. The van der Waals surface area contributed by atoms with Crippen LogP contribution in [0.2, 0.25) is 0 Å². The van der Waals surface area contributed by atoms with E-state index in [4.69, 9.17) is 19.3 Å². The van der Waals surface area contributed by atoms with Gasteiger partial charge in [0.25, 0.3) is 0 Å². The van der Waals surface area contributed by atoms with Gasteiger partial charge in [0.15, 0.2) is 0 Å². The van der Waals surface area contributed by atoms with Crippen molar-refractivity contribution >= 4 is 88.0 Å². The first-order valence-corrected chi connectivity index (χ1v) is 28.5. The highest BCUT2D eigenvalue weighted by Gasteiger charge is 2.32. The Labute approximate surface area is 497 Å². The number of carbonyl (C=O) groups is 10. The van der Waals surface area contributed by atoms with Crippen molar-refractivity contribution in [2.24, 2.45) is 0 Å². The molecule has 1 heterocycles. The maximum Gasteiger partial charge on any atom is 0.407 e. The van der Waals surface area contributed by atoms with Gasteiger partial charge in [-0.2, -0.15) is 0 Å². The van der Waals surface area contributed by atoms with Gasteiger partial charge in [-0.25, -0.2) is 33.4 Å². The number of alkyl carbamates (subject to hydrolysis) is 1. The molecule has 4 atom stereocenters. The quantitative estimate of drug-likeness (QED) is 0.0155. The first-order chi connectivity index (χ1) is 38.9. The summed E-state index contributed by atoms with van der Waals surface area (Å²) in [7, 11) is 0. The Hall–Kier alpha value is -7.59. The molecular formula is C56H82IN11O15. The minimum Gasteiger partial charge on any atom is -0.481 e. The normalized spacial score (nSPS) is 12.9. The van der Waals surface area contributed by atoms with Gasteiger partial charge in [-0.15, -0.1) is 5.10 Å². The number of hydrogen-bond donors (Lipinski definition) is 10. The molecule has 0 radical (unpaired) electrons. The molecule has 0 spiro atoms. The number of rotatable bonds is 32. The van der Waals surface area contributed by atoms with E-state index in [1.54, 1.807) is 86.6 Å². The smallest absolute Gasteiger partial charge is 0.407 e. The van der Waals surface area contributed by atoms with Crippen LogP contribution in [0.3, 0.4) is 0 Å². The van der Waals surface area contributed by atoms with Gasteiger partial charge in [0.1, 0.15) is 47.5 Å². The van der Waals surface area contributed by atoms with Crippen molar-refractivity contribution in [2.75, 3.05) is 25.0 Å². The number of urea groups is 2. The van der Waals surface area contributed by atoms with E-state index in [0.29, 0.717) is 62.0 Å². The molecule has 0 aliphatic rings. The molecule has 26 nitrogen and oxygen atoms in total. The van der Waals surface area contributed by atoms with Crippen molar-refractivity contribution in [1.29, 1.82) is 0 Å². The third kappa shape index (κ3) is 29.8. The van der Waals surface area contributed by atoms with Crippen molar-refractivity contribution in [1.82, 2.24) is 52.2 Å². The minimum atomic E-state index is -1.52. The lowest BCUT2D eigenvalue weighted by Gasteiger charge is -2.26. The van der Waals surface area contributed by atoms with Crippen LogP contribution in [0.15, 0.2) is 54.7 Å². The van der Waals surface area contributed by atoms with Crippen LogP contribution in [0.4, 0.5) is 20.1 Å². The number of ether oxygens (including phenoxy) is 3. The van der Waals surface area contributed by atoms with Gasteiger partial charge >= 0.3 is 42.0 Å². The molecule has 83 heavy (non-hydrogen) atoms. The monoisotopic (exact) mass is 1280 g/mol. The van der Waals surface area contributed by atoms with Crippen molar-refractivity contribution in [3.63, 3.8) is 0 Å². The van der Waals surface area contributed by atoms with E-state index in [1.165, 1.54) is 10.9 Å². The standard InChI is InChI=1S/C56H82IN11O15/c1-54(2,3)81-49(76)41(20-11-13-28-58-44(69)31-35-22-24-37(57)25-23-35)64-47(73)39(19-10-15-30-60-53(80)83-56(7,8)9)63-45(70)34-68-43(33-61-67-68)36-17-16-18-38(32-36)62-51(78)59-29-14-12-21-42(50(77)82-55(4,5)6)66-52(79)65-40(48(74)75)26-27-46(71)72/h16-18,22-25,32-33,39-42H,10-15,19-21,26-31,34H2,1-9H3,(H,58,69)(H,60,80)(H,63,70)(H,64,73)(H,71,72)(H,74,75)(H2,59,62,78)(H2,65,66,79). The number of carbonyl (C=O) groups excluding carboxylic acids is 8. The predicted octanol–water partition coefficient (Wildman–Crippen LogP) is 5.70.